The highest BCUT2D eigenvalue weighted by Crippen LogP contribution is 2.51. The summed E-state index contributed by atoms with van der Waals surface area (Å²) in [5.74, 6) is -20.1. The Balaban J connectivity index is 2.13. The largest absolute Gasteiger partial charge is 0.481 e. The topological polar surface area (TPSA) is 528 Å². The highest BCUT2D eigenvalue weighted by Gasteiger charge is 2.56. The highest BCUT2D eigenvalue weighted by molar-refractivity contribution is 6.90. The number of carbonyl (C=O) groups excluding carboxylic acids is 7. The Morgan fingerprint density at radius 1 is 0.431 bits per heavy atom. The fraction of sp³-hybridized carbons (Fsp3) is 0.667. The highest BCUT2D eigenvalue weighted by atomic mass is 28.4. The van der Waals surface area contributed by atoms with E-state index in [-0.39, 0.29) is 141 Å². The molecule has 102 heavy (non-hydrogen) atoms. The number of ketones is 2. The number of nitrogens with one attached hydrogen (secondary N) is 5. The number of carboxylic acid groups (broad SMARTS) is 9. The van der Waals surface area contributed by atoms with Crippen LogP contribution in [0.3, 0.4) is 0 Å². The zero-order valence-corrected chi connectivity index (χ0v) is 59.7. The fourth-order valence-corrected chi connectivity index (χ4v) is 16.6. The molecule has 2 rings (SSSR count). The second-order valence-corrected chi connectivity index (χ2v) is 32.4. The molecular formula is C66H102FN9O25Si. The van der Waals surface area contributed by atoms with Gasteiger partial charge in [-0.3, -0.25) is 86.7 Å². The molecule has 1 aromatic carbocycles. The number of benzene rings is 1. The Bertz CT molecular complexity index is 3040. The predicted molar refractivity (Wildman–Crippen MR) is 362 cm³/mol. The van der Waals surface area contributed by atoms with Gasteiger partial charge in [0.2, 0.25) is 23.6 Å². The second-order valence-electron chi connectivity index (χ2n) is 27.5. The van der Waals surface area contributed by atoms with E-state index in [1.54, 1.807) is 41.5 Å². The Kier molecular flexibility index (Phi) is 38.3. The van der Waals surface area contributed by atoms with E-state index in [0.717, 1.165) is 0 Å². The zero-order valence-electron chi connectivity index (χ0n) is 58.7. The van der Waals surface area contributed by atoms with Crippen LogP contribution in [0.2, 0.25) is 10.1 Å². The van der Waals surface area contributed by atoms with Gasteiger partial charge in [0.25, 0.3) is 14.3 Å². The van der Waals surface area contributed by atoms with Crippen molar-refractivity contribution in [2.45, 2.75) is 185 Å². The number of amides is 5. The van der Waals surface area contributed by atoms with E-state index >= 15 is 4.11 Å². The fourth-order valence-electron chi connectivity index (χ4n) is 12.0. The Hall–Kier alpha value is -8.87. The molecule has 5 amide bonds. The average Bonchev–Trinajstić information content (AvgIpc) is 0.748. The van der Waals surface area contributed by atoms with Gasteiger partial charge in [-0.1, -0.05) is 60.1 Å². The third-order valence-corrected chi connectivity index (χ3v) is 22.7. The number of unbranched alkanes of at least 4 members (excludes halogenated alkanes) is 2. The van der Waals surface area contributed by atoms with Crippen LogP contribution in [0.4, 0.5) is 4.11 Å². The van der Waals surface area contributed by atoms with E-state index in [4.69, 9.17) is 5.11 Å². The molecule has 1 fully saturated rings. The zero-order chi connectivity index (χ0) is 77.2. The SMILES string of the molecule is CC(C)(C)[Si](F)(c1ccc(C(=O)N[C@@H](CNC(=O)CC[C@H](C(=O)O)N2CCN(CC(=O)O)CCN(CC(=O)O)CCN(CC(=O)O)CC2)C(=O)N[C@H](CCCCNC(=O)CCC(=O)CCCC[C@H](NC(=O)CC[C@H](CC(=O)C[C@@H](CCC(=O)O)C(=O)O)C(=O)O)C(=O)O)C(=O)O)cc1)C(C)(C)C. The van der Waals surface area contributed by atoms with Gasteiger partial charge in [0.1, 0.15) is 35.7 Å². The van der Waals surface area contributed by atoms with Crippen molar-refractivity contribution < 1.29 is 127 Å². The second kappa shape index (κ2) is 43.8. The molecule has 572 valence electrons. The van der Waals surface area contributed by atoms with Gasteiger partial charge < -0.3 is 76.7 Å². The number of halogens is 1. The molecule has 0 aliphatic carbocycles. The average molecular weight is 1470 g/mol. The monoisotopic (exact) mass is 1470 g/mol. The number of carbonyl (C=O) groups is 16. The van der Waals surface area contributed by atoms with Crippen LogP contribution in [0, 0.1) is 11.8 Å². The minimum Gasteiger partial charge on any atom is -0.481 e. The molecule has 1 saturated heterocycles. The summed E-state index contributed by atoms with van der Waals surface area (Å²) in [6.45, 7) is 8.74. The van der Waals surface area contributed by atoms with Crippen LogP contribution in [0.15, 0.2) is 24.3 Å². The van der Waals surface area contributed by atoms with E-state index < -0.39 is 208 Å². The van der Waals surface area contributed by atoms with Crippen LogP contribution < -0.4 is 31.8 Å². The minimum atomic E-state index is -3.81. The number of Topliss-reactive ketones (excluding diaryl/α,β-unsaturated/α-hetero) is 2. The predicted octanol–water partition coefficient (Wildman–Crippen LogP) is 1.06. The molecule has 1 aliphatic rings. The molecule has 1 aromatic rings. The lowest BCUT2D eigenvalue weighted by atomic mass is 9.90. The third kappa shape index (κ3) is 33.3. The van der Waals surface area contributed by atoms with Gasteiger partial charge in [-0.05, 0) is 78.8 Å². The molecule has 6 atom stereocenters. The first-order valence-electron chi connectivity index (χ1n) is 33.7. The molecule has 1 heterocycles. The molecule has 0 spiro atoms. The first-order valence-corrected chi connectivity index (χ1v) is 35.6. The Morgan fingerprint density at radius 3 is 1.31 bits per heavy atom. The Morgan fingerprint density at radius 2 is 0.873 bits per heavy atom. The van der Waals surface area contributed by atoms with Crippen LogP contribution in [0.1, 0.15) is 161 Å². The van der Waals surface area contributed by atoms with Crippen molar-refractivity contribution in [2.75, 3.05) is 85.1 Å². The van der Waals surface area contributed by atoms with Crippen LogP contribution in [0.25, 0.3) is 0 Å². The van der Waals surface area contributed by atoms with Gasteiger partial charge in [-0.15, -0.1) is 0 Å². The lowest BCUT2D eigenvalue weighted by Crippen LogP contribution is -2.58. The van der Waals surface area contributed by atoms with Gasteiger partial charge >= 0.3 is 53.7 Å². The van der Waals surface area contributed by atoms with Crippen molar-refractivity contribution in [3.8, 4) is 0 Å². The molecule has 0 aromatic heterocycles. The molecule has 34 nitrogen and oxygen atoms in total. The molecule has 36 heteroatoms. The van der Waals surface area contributed by atoms with Crippen molar-refractivity contribution in [3.05, 3.63) is 29.8 Å². The first-order chi connectivity index (χ1) is 47.5. The molecule has 0 bridgehead atoms. The standard InChI is InChI=1S/C66H102FN9O25Si/c1-65(2,3)102(67,66(4,5)6)46-19-14-41(15-20-46)58(90)72-49(37-69-52(80)24-21-50(64(100)101)76-33-31-74(39-56(86)87)29-27-73(38-55(84)85)28-30-75(32-34-76)40-57(88)89)59(91)71-48(63(98)99)13-9-10-26-68-51(79)23-18-44(77)11-7-8-12-47(62(96)97)70-53(81)22-16-42(60(92)93)35-45(78)36-43(61(94)95)17-25-54(82)83/h14-15,19-20,42-43,47-50H,7-13,16-18,21-40H2,1-6H3,(H,68,79)(H,69,80)(H,70,81)(H,71,91)(H,72,90)(H,82,83)(H,84,85)(H,86,87)(H,88,89)(H,92,93)(H,94,95)(H,96,97)(H,98,99)(H,100,101)/t42-,43-,47+,48-,49+,50-/m1/s1. The Labute approximate surface area is 591 Å². The summed E-state index contributed by atoms with van der Waals surface area (Å²) in [6.07, 6.45) is -4.24. The van der Waals surface area contributed by atoms with Gasteiger partial charge in [-0.25, -0.2) is 9.59 Å². The summed E-state index contributed by atoms with van der Waals surface area (Å²) >= 11 is 0. The lowest BCUT2D eigenvalue weighted by Gasteiger charge is -2.44. The van der Waals surface area contributed by atoms with E-state index in [0.29, 0.717) is 5.19 Å². The van der Waals surface area contributed by atoms with Gasteiger partial charge in [-0.2, -0.15) is 0 Å². The smallest absolute Gasteiger partial charge is 0.326 e. The molecule has 0 saturated carbocycles. The maximum absolute atomic E-state index is 17.2. The summed E-state index contributed by atoms with van der Waals surface area (Å²) in [7, 11) is -3.81. The number of hydrogen-bond donors (Lipinski definition) is 14. The molecular weight excluding hydrogens is 1370 g/mol. The molecule has 0 radical (unpaired) electrons. The summed E-state index contributed by atoms with van der Waals surface area (Å²) in [6, 6.07) is -0.401. The number of hydrogen-bond acceptors (Lipinski definition) is 20. The summed E-state index contributed by atoms with van der Waals surface area (Å²) in [5, 5.41) is 98.2. The van der Waals surface area contributed by atoms with Crippen LogP contribution >= 0.6 is 0 Å². The lowest BCUT2D eigenvalue weighted by molar-refractivity contribution is -0.147. The summed E-state index contributed by atoms with van der Waals surface area (Å²) < 4.78 is 17.2. The van der Waals surface area contributed by atoms with Crippen LogP contribution in [-0.4, -0.2) is 278 Å². The normalized spacial score (nSPS) is 15.8. The van der Waals surface area contributed by atoms with Gasteiger partial charge in [0.15, 0.2) is 0 Å². The number of carboxylic acids is 9. The van der Waals surface area contributed by atoms with Crippen LogP contribution in [0.5, 0.6) is 0 Å². The van der Waals surface area contributed by atoms with E-state index in [1.165, 1.54) is 43.9 Å². The third-order valence-electron chi connectivity index (χ3n) is 17.4. The minimum absolute atomic E-state index is 0.0109. The van der Waals surface area contributed by atoms with Crippen molar-refractivity contribution in [2.24, 2.45) is 11.8 Å². The maximum atomic E-state index is 17.2. The number of aliphatic carboxylic acids is 9. The van der Waals surface area contributed by atoms with E-state index in [9.17, 15) is 118 Å². The number of rotatable bonds is 46. The van der Waals surface area contributed by atoms with E-state index in [1.807, 2.05) is 0 Å². The molecule has 0 unspecified atom stereocenters. The number of nitrogens with zero attached hydrogens (tertiary/aromatic N) is 4. The first kappa shape index (κ1) is 89.2. The van der Waals surface area contributed by atoms with Crippen molar-refractivity contribution in [1.82, 2.24) is 46.2 Å². The quantitative estimate of drug-likeness (QED) is 0.0246. The van der Waals surface area contributed by atoms with Gasteiger partial charge in [0, 0.05) is 122 Å². The van der Waals surface area contributed by atoms with Gasteiger partial charge in [0.05, 0.1) is 31.5 Å². The van der Waals surface area contributed by atoms with Crippen molar-refractivity contribution >= 4 is 108 Å². The van der Waals surface area contributed by atoms with E-state index in [2.05, 4.69) is 26.6 Å². The van der Waals surface area contributed by atoms with Crippen molar-refractivity contribution in [3.63, 3.8) is 0 Å². The van der Waals surface area contributed by atoms with Crippen molar-refractivity contribution in [1.29, 1.82) is 0 Å². The van der Waals surface area contributed by atoms with Crippen LogP contribution in [-0.2, 0) is 71.9 Å². The summed E-state index contributed by atoms with van der Waals surface area (Å²) in [4.78, 5) is 205. The molecule has 1 aliphatic heterocycles. The molecule has 14 N–H and O–H groups in total. The maximum Gasteiger partial charge on any atom is 0.326 e. The summed E-state index contributed by atoms with van der Waals surface area (Å²) in [5.41, 5.74) is -0.0282.